The molecule has 0 radical (unpaired) electrons. The zero-order valence-electron chi connectivity index (χ0n) is 10.8. The van der Waals surface area contributed by atoms with Gasteiger partial charge >= 0.3 is 0 Å². The van der Waals surface area contributed by atoms with E-state index in [2.05, 4.69) is 31.0 Å². The van der Waals surface area contributed by atoms with Crippen LogP contribution in [-0.2, 0) is 0 Å². The Kier molecular flexibility index (Phi) is 6.26. The lowest BCUT2D eigenvalue weighted by molar-refractivity contribution is 0.190. The molecule has 1 saturated heterocycles. The minimum absolute atomic E-state index is 0.833. The van der Waals surface area contributed by atoms with Crippen molar-refractivity contribution in [2.45, 2.75) is 40.0 Å². The molecule has 0 aromatic carbocycles. The third-order valence-electron chi connectivity index (χ3n) is 3.49. The molecule has 1 rings (SSSR count). The van der Waals surface area contributed by atoms with Gasteiger partial charge in [-0.1, -0.05) is 20.8 Å². The minimum Gasteiger partial charge on any atom is -0.316 e. The number of nitrogens with one attached hydrogen (secondary N) is 1. The van der Waals surface area contributed by atoms with Crippen molar-refractivity contribution in [3.63, 3.8) is 0 Å². The Morgan fingerprint density at radius 2 is 1.93 bits per heavy atom. The number of likely N-dealkylation sites (tertiary alicyclic amines) is 1. The fraction of sp³-hybridized carbons (Fsp3) is 1.00. The molecule has 0 saturated carbocycles. The zero-order chi connectivity index (χ0) is 11.1. The summed E-state index contributed by atoms with van der Waals surface area (Å²) >= 11 is 0. The first-order valence-electron chi connectivity index (χ1n) is 6.65. The van der Waals surface area contributed by atoms with Crippen molar-refractivity contribution < 1.29 is 0 Å². The van der Waals surface area contributed by atoms with E-state index in [0.717, 1.165) is 11.8 Å². The summed E-state index contributed by atoms with van der Waals surface area (Å²) in [5, 5.41) is 3.60. The molecular weight excluding hydrogens is 184 g/mol. The van der Waals surface area contributed by atoms with Crippen molar-refractivity contribution in [3.05, 3.63) is 0 Å². The Morgan fingerprint density at radius 3 is 2.47 bits per heavy atom. The van der Waals surface area contributed by atoms with E-state index in [1.54, 1.807) is 0 Å². The molecule has 1 aliphatic rings. The Bertz CT molecular complexity index is 149. The summed E-state index contributed by atoms with van der Waals surface area (Å²) in [7, 11) is 0. The molecular formula is C13H28N2. The smallest absolute Gasteiger partial charge is 0.00157 e. The highest BCUT2D eigenvalue weighted by Gasteiger charge is 2.17. The SMILES string of the molecule is CCN1CCC(CNCCC(C)C)CC1. The molecule has 0 unspecified atom stereocenters. The van der Waals surface area contributed by atoms with Crippen molar-refractivity contribution in [2.75, 3.05) is 32.7 Å². The fourth-order valence-corrected chi connectivity index (χ4v) is 2.20. The molecule has 90 valence electrons. The first kappa shape index (κ1) is 13.0. The van der Waals surface area contributed by atoms with Gasteiger partial charge in [0.05, 0.1) is 0 Å². The van der Waals surface area contributed by atoms with Gasteiger partial charge in [-0.25, -0.2) is 0 Å². The predicted octanol–water partition coefficient (Wildman–Crippen LogP) is 2.35. The van der Waals surface area contributed by atoms with Crippen LogP contribution in [0.1, 0.15) is 40.0 Å². The molecule has 0 bridgehead atoms. The largest absolute Gasteiger partial charge is 0.316 e. The second-order valence-electron chi connectivity index (χ2n) is 5.26. The van der Waals surface area contributed by atoms with Gasteiger partial charge in [0.2, 0.25) is 0 Å². The van der Waals surface area contributed by atoms with Gasteiger partial charge in [-0.05, 0) is 63.8 Å². The average molecular weight is 212 g/mol. The first-order chi connectivity index (χ1) is 7.22. The highest BCUT2D eigenvalue weighted by molar-refractivity contribution is 4.73. The molecule has 2 nitrogen and oxygen atoms in total. The van der Waals surface area contributed by atoms with Crippen LogP contribution in [0.4, 0.5) is 0 Å². The van der Waals surface area contributed by atoms with Crippen LogP contribution in [0.5, 0.6) is 0 Å². The Morgan fingerprint density at radius 1 is 1.27 bits per heavy atom. The van der Waals surface area contributed by atoms with Crippen molar-refractivity contribution in [1.82, 2.24) is 10.2 Å². The van der Waals surface area contributed by atoms with Crippen LogP contribution in [0.25, 0.3) is 0 Å². The van der Waals surface area contributed by atoms with Crippen molar-refractivity contribution in [1.29, 1.82) is 0 Å². The van der Waals surface area contributed by atoms with E-state index < -0.39 is 0 Å². The van der Waals surface area contributed by atoms with Crippen LogP contribution in [0, 0.1) is 11.8 Å². The quantitative estimate of drug-likeness (QED) is 0.680. The van der Waals surface area contributed by atoms with Gasteiger partial charge in [-0.3, -0.25) is 0 Å². The predicted molar refractivity (Wildman–Crippen MR) is 67.2 cm³/mol. The Hall–Kier alpha value is -0.0800. The standard InChI is InChI=1S/C13H28N2/c1-4-15-9-6-13(7-10-15)11-14-8-5-12(2)3/h12-14H,4-11H2,1-3H3. The molecule has 1 heterocycles. The summed E-state index contributed by atoms with van der Waals surface area (Å²) in [6.07, 6.45) is 4.10. The second-order valence-corrected chi connectivity index (χ2v) is 5.26. The highest BCUT2D eigenvalue weighted by Crippen LogP contribution is 2.15. The maximum atomic E-state index is 3.60. The van der Waals surface area contributed by atoms with Gasteiger partial charge < -0.3 is 10.2 Å². The van der Waals surface area contributed by atoms with Gasteiger partial charge in [0.1, 0.15) is 0 Å². The number of nitrogens with zero attached hydrogens (tertiary/aromatic N) is 1. The summed E-state index contributed by atoms with van der Waals surface area (Å²) in [4.78, 5) is 2.56. The summed E-state index contributed by atoms with van der Waals surface area (Å²) < 4.78 is 0. The van der Waals surface area contributed by atoms with Gasteiger partial charge in [0.25, 0.3) is 0 Å². The third-order valence-corrected chi connectivity index (χ3v) is 3.49. The van der Waals surface area contributed by atoms with Gasteiger partial charge in [-0.2, -0.15) is 0 Å². The highest BCUT2D eigenvalue weighted by atomic mass is 15.1. The summed E-state index contributed by atoms with van der Waals surface area (Å²) in [5.41, 5.74) is 0. The van der Waals surface area contributed by atoms with Crippen molar-refractivity contribution >= 4 is 0 Å². The summed E-state index contributed by atoms with van der Waals surface area (Å²) in [6.45, 7) is 13.1. The lowest BCUT2D eigenvalue weighted by Crippen LogP contribution is -2.37. The van der Waals surface area contributed by atoms with Crippen LogP contribution in [0.2, 0.25) is 0 Å². The molecule has 15 heavy (non-hydrogen) atoms. The molecule has 0 aromatic rings. The average Bonchev–Trinajstić information content (AvgIpc) is 2.25. The normalized spacial score (nSPS) is 20.0. The van der Waals surface area contributed by atoms with Gasteiger partial charge in [0, 0.05) is 0 Å². The van der Waals surface area contributed by atoms with E-state index in [-0.39, 0.29) is 0 Å². The fourth-order valence-electron chi connectivity index (χ4n) is 2.20. The van der Waals surface area contributed by atoms with Gasteiger partial charge in [-0.15, -0.1) is 0 Å². The first-order valence-corrected chi connectivity index (χ1v) is 6.65. The summed E-state index contributed by atoms with van der Waals surface area (Å²) in [5.74, 6) is 1.76. The van der Waals surface area contributed by atoms with Crippen LogP contribution in [0.3, 0.4) is 0 Å². The number of piperidine rings is 1. The van der Waals surface area contributed by atoms with E-state index in [1.807, 2.05) is 0 Å². The molecule has 1 N–H and O–H groups in total. The van der Waals surface area contributed by atoms with Crippen LogP contribution < -0.4 is 5.32 Å². The number of hydrogen-bond donors (Lipinski definition) is 1. The van der Waals surface area contributed by atoms with E-state index in [9.17, 15) is 0 Å². The van der Waals surface area contributed by atoms with E-state index in [0.29, 0.717) is 0 Å². The lowest BCUT2D eigenvalue weighted by atomic mass is 9.97. The maximum Gasteiger partial charge on any atom is -0.00157 e. The summed E-state index contributed by atoms with van der Waals surface area (Å²) in [6, 6.07) is 0. The molecule has 0 aromatic heterocycles. The molecule has 1 fully saturated rings. The topological polar surface area (TPSA) is 15.3 Å². The molecule has 0 atom stereocenters. The maximum absolute atomic E-state index is 3.60. The van der Waals surface area contributed by atoms with E-state index in [4.69, 9.17) is 0 Å². The Labute approximate surface area is 95.4 Å². The second kappa shape index (κ2) is 7.24. The number of hydrogen-bond acceptors (Lipinski definition) is 2. The van der Waals surface area contributed by atoms with Crippen molar-refractivity contribution in [2.24, 2.45) is 11.8 Å². The zero-order valence-corrected chi connectivity index (χ0v) is 10.8. The number of rotatable bonds is 6. The molecule has 0 amide bonds. The molecule has 0 spiro atoms. The minimum atomic E-state index is 0.833. The lowest BCUT2D eigenvalue weighted by Gasteiger charge is -2.31. The van der Waals surface area contributed by atoms with E-state index >= 15 is 0 Å². The van der Waals surface area contributed by atoms with E-state index in [1.165, 1.54) is 52.0 Å². The molecule has 2 heteroatoms. The monoisotopic (exact) mass is 212 g/mol. The van der Waals surface area contributed by atoms with Gasteiger partial charge in [0.15, 0.2) is 0 Å². The molecule has 0 aliphatic carbocycles. The van der Waals surface area contributed by atoms with Crippen LogP contribution in [0.15, 0.2) is 0 Å². The van der Waals surface area contributed by atoms with Crippen molar-refractivity contribution in [3.8, 4) is 0 Å². The Balaban J connectivity index is 1.99. The van der Waals surface area contributed by atoms with Crippen LogP contribution >= 0.6 is 0 Å². The molecule has 1 aliphatic heterocycles. The van der Waals surface area contributed by atoms with Crippen LogP contribution in [-0.4, -0.2) is 37.6 Å². The third kappa shape index (κ3) is 5.53.